The monoisotopic (exact) mass is 247 g/mol. The molecule has 2 rings (SSSR count). The van der Waals surface area contributed by atoms with Crippen LogP contribution in [0, 0.1) is 13.8 Å². The summed E-state index contributed by atoms with van der Waals surface area (Å²) in [5, 5.41) is 11.1. The fourth-order valence-corrected chi connectivity index (χ4v) is 1.67. The number of aromatic nitrogens is 4. The van der Waals surface area contributed by atoms with Gasteiger partial charge in [-0.1, -0.05) is 0 Å². The van der Waals surface area contributed by atoms with Gasteiger partial charge in [-0.2, -0.15) is 10.2 Å². The predicted molar refractivity (Wildman–Crippen MR) is 66.8 cm³/mol. The molecule has 0 atom stereocenters. The zero-order valence-corrected chi connectivity index (χ0v) is 10.8. The topological polar surface area (TPSA) is 64.7 Å². The maximum atomic E-state index is 11.8. The van der Waals surface area contributed by atoms with Crippen LogP contribution in [0.4, 0.5) is 0 Å². The van der Waals surface area contributed by atoms with E-state index < -0.39 is 0 Å². The molecule has 0 saturated carbocycles. The van der Waals surface area contributed by atoms with Crippen molar-refractivity contribution in [3.63, 3.8) is 0 Å². The summed E-state index contributed by atoms with van der Waals surface area (Å²) >= 11 is 0. The number of hydrogen-bond acceptors (Lipinski definition) is 3. The second kappa shape index (κ2) is 5.03. The molecule has 0 saturated heterocycles. The Morgan fingerprint density at radius 2 is 2.17 bits per heavy atom. The smallest absolute Gasteiger partial charge is 0.242 e. The Labute approximate surface area is 106 Å². The van der Waals surface area contributed by atoms with Crippen LogP contribution in [-0.4, -0.2) is 25.5 Å². The van der Waals surface area contributed by atoms with Crippen molar-refractivity contribution in [3.05, 3.63) is 35.4 Å². The van der Waals surface area contributed by atoms with Crippen LogP contribution >= 0.6 is 0 Å². The van der Waals surface area contributed by atoms with Crippen molar-refractivity contribution >= 4 is 5.91 Å². The van der Waals surface area contributed by atoms with Gasteiger partial charge in [0.2, 0.25) is 5.91 Å². The number of amides is 1. The van der Waals surface area contributed by atoms with Gasteiger partial charge in [-0.05, 0) is 19.9 Å². The van der Waals surface area contributed by atoms with Crippen LogP contribution in [0.25, 0.3) is 0 Å². The van der Waals surface area contributed by atoms with Gasteiger partial charge in [0.05, 0.1) is 6.20 Å². The summed E-state index contributed by atoms with van der Waals surface area (Å²) in [5.41, 5.74) is 3.07. The van der Waals surface area contributed by atoms with Crippen molar-refractivity contribution in [1.82, 2.24) is 24.9 Å². The number of carbonyl (C=O) groups is 1. The first-order valence-electron chi connectivity index (χ1n) is 5.80. The summed E-state index contributed by atoms with van der Waals surface area (Å²) in [5.74, 6) is -0.0509. The molecule has 0 radical (unpaired) electrons. The molecule has 6 nitrogen and oxygen atoms in total. The summed E-state index contributed by atoms with van der Waals surface area (Å²) in [6, 6.07) is 1.87. The molecule has 1 N–H and O–H groups in total. The molecule has 2 heterocycles. The maximum absolute atomic E-state index is 11.8. The highest BCUT2D eigenvalue weighted by Crippen LogP contribution is 2.04. The molecular weight excluding hydrogens is 230 g/mol. The number of aryl methyl sites for hydroxylation is 2. The molecule has 0 fully saturated rings. The van der Waals surface area contributed by atoms with Crippen molar-refractivity contribution in [2.45, 2.75) is 26.9 Å². The van der Waals surface area contributed by atoms with E-state index in [9.17, 15) is 4.79 Å². The average Bonchev–Trinajstić information content (AvgIpc) is 2.86. The van der Waals surface area contributed by atoms with Crippen LogP contribution in [0.5, 0.6) is 0 Å². The Hall–Kier alpha value is -2.11. The Morgan fingerprint density at radius 1 is 1.39 bits per heavy atom. The molecule has 2 aromatic rings. The average molecular weight is 247 g/mol. The zero-order chi connectivity index (χ0) is 13.1. The molecule has 96 valence electrons. The summed E-state index contributed by atoms with van der Waals surface area (Å²) in [6.45, 7) is 4.65. The lowest BCUT2D eigenvalue weighted by Crippen LogP contribution is -2.28. The van der Waals surface area contributed by atoms with E-state index in [4.69, 9.17) is 0 Å². The van der Waals surface area contributed by atoms with Crippen LogP contribution in [0.15, 0.2) is 18.5 Å². The molecule has 0 aliphatic carbocycles. The summed E-state index contributed by atoms with van der Waals surface area (Å²) in [7, 11) is 1.88. The quantitative estimate of drug-likeness (QED) is 0.858. The fourth-order valence-electron chi connectivity index (χ4n) is 1.67. The van der Waals surface area contributed by atoms with E-state index in [2.05, 4.69) is 15.5 Å². The number of nitrogens with one attached hydrogen (secondary N) is 1. The van der Waals surface area contributed by atoms with Gasteiger partial charge in [0.1, 0.15) is 6.54 Å². The van der Waals surface area contributed by atoms with E-state index in [-0.39, 0.29) is 12.5 Å². The number of rotatable bonds is 4. The predicted octanol–water partition coefficient (Wildman–Crippen LogP) is 0.550. The lowest BCUT2D eigenvalue weighted by Gasteiger charge is -2.06. The number of hydrogen-bond donors (Lipinski definition) is 1. The van der Waals surface area contributed by atoms with Gasteiger partial charge in [-0.15, -0.1) is 0 Å². The molecule has 0 bridgehead atoms. The molecule has 0 aromatic carbocycles. The lowest BCUT2D eigenvalue weighted by molar-refractivity contribution is -0.122. The molecular formula is C12H17N5O. The van der Waals surface area contributed by atoms with E-state index in [1.54, 1.807) is 21.8 Å². The normalized spacial score (nSPS) is 10.6. The van der Waals surface area contributed by atoms with Crippen LogP contribution in [0.2, 0.25) is 0 Å². The summed E-state index contributed by atoms with van der Waals surface area (Å²) in [4.78, 5) is 11.8. The molecule has 0 unspecified atom stereocenters. The van der Waals surface area contributed by atoms with Crippen molar-refractivity contribution in [2.75, 3.05) is 0 Å². The number of nitrogens with zero attached hydrogens (tertiary/aromatic N) is 4. The van der Waals surface area contributed by atoms with Crippen molar-refractivity contribution in [3.8, 4) is 0 Å². The molecule has 0 spiro atoms. The number of carbonyl (C=O) groups excluding carboxylic acids is 1. The van der Waals surface area contributed by atoms with Gasteiger partial charge in [0.15, 0.2) is 0 Å². The fraction of sp³-hybridized carbons (Fsp3) is 0.417. The lowest BCUT2D eigenvalue weighted by atomic mass is 10.2. The first kappa shape index (κ1) is 12.3. The van der Waals surface area contributed by atoms with E-state index in [0.29, 0.717) is 6.54 Å². The molecule has 6 heteroatoms. The van der Waals surface area contributed by atoms with E-state index >= 15 is 0 Å². The highest BCUT2D eigenvalue weighted by atomic mass is 16.2. The Bertz CT molecular complexity index is 555. The van der Waals surface area contributed by atoms with E-state index in [1.807, 2.05) is 27.0 Å². The standard InChI is InChI=1S/C12H17N5O/c1-9-4-5-14-17(9)8-12(18)13-6-11-7-15-16(3)10(11)2/h4-5,7H,6,8H2,1-3H3,(H,13,18). The van der Waals surface area contributed by atoms with Crippen LogP contribution in [-0.2, 0) is 24.9 Å². The molecule has 1 amide bonds. The minimum absolute atomic E-state index is 0.0509. The van der Waals surface area contributed by atoms with Crippen LogP contribution in [0.1, 0.15) is 17.0 Å². The second-order valence-corrected chi connectivity index (χ2v) is 4.29. The van der Waals surface area contributed by atoms with Gasteiger partial charge >= 0.3 is 0 Å². The largest absolute Gasteiger partial charge is 0.350 e. The SMILES string of the molecule is Cc1c(CNC(=O)Cn2nccc2C)cnn1C. The highest BCUT2D eigenvalue weighted by Gasteiger charge is 2.07. The summed E-state index contributed by atoms with van der Waals surface area (Å²) < 4.78 is 3.46. The van der Waals surface area contributed by atoms with Crippen LogP contribution in [0.3, 0.4) is 0 Å². The first-order chi connectivity index (χ1) is 8.58. The van der Waals surface area contributed by atoms with E-state index in [1.165, 1.54) is 0 Å². The van der Waals surface area contributed by atoms with E-state index in [0.717, 1.165) is 17.0 Å². The Kier molecular flexibility index (Phi) is 3.45. The molecule has 2 aromatic heterocycles. The van der Waals surface area contributed by atoms with Gasteiger partial charge in [-0.25, -0.2) is 0 Å². The third-order valence-electron chi connectivity index (χ3n) is 3.04. The molecule has 0 aliphatic rings. The molecule has 0 aliphatic heterocycles. The minimum Gasteiger partial charge on any atom is -0.350 e. The Balaban J connectivity index is 1.89. The van der Waals surface area contributed by atoms with Crippen molar-refractivity contribution < 1.29 is 4.79 Å². The first-order valence-corrected chi connectivity index (χ1v) is 5.80. The van der Waals surface area contributed by atoms with Gasteiger partial charge in [0, 0.05) is 36.7 Å². The summed E-state index contributed by atoms with van der Waals surface area (Å²) in [6.07, 6.45) is 3.46. The molecule has 18 heavy (non-hydrogen) atoms. The van der Waals surface area contributed by atoms with Gasteiger partial charge in [0.25, 0.3) is 0 Å². The maximum Gasteiger partial charge on any atom is 0.242 e. The van der Waals surface area contributed by atoms with Gasteiger partial charge < -0.3 is 5.32 Å². The van der Waals surface area contributed by atoms with Crippen molar-refractivity contribution in [1.29, 1.82) is 0 Å². The minimum atomic E-state index is -0.0509. The highest BCUT2D eigenvalue weighted by molar-refractivity contribution is 5.75. The second-order valence-electron chi connectivity index (χ2n) is 4.29. The third kappa shape index (κ3) is 2.58. The van der Waals surface area contributed by atoms with Gasteiger partial charge in [-0.3, -0.25) is 14.2 Å². The third-order valence-corrected chi connectivity index (χ3v) is 3.04. The Morgan fingerprint density at radius 3 is 2.72 bits per heavy atom. The van der Waals surface area contributed by atoms with Crippen LogP contribution < -0.4 is 5.32 Å². The zero-order valence-electron chi connectivity index (χ0n) is 10.8. The van der Waals surface area contributed by atoms with Crippen molar-refractivity contribution in [2.24, 2.45) is 7.05 Å².